The molecule has 2 bridgehead atoms. The van der Waals surface area contributed by atoms with Crippen LogP contribution in [0.5, 0.6) is 0 Å². The largest absolute Gasteiger partial charge is 0.312 e. The van der Waals surface area contributed by atoms with Crippen molar-refractivity contribution >= 4 is 0 Å². The SMILES string of the molecule is CN1C2CCC1CC(CNCc1cc(F)c(F)cc1F)C2. The Labute approximate surface area is 123 Å². The van der Waals surface area contributed by atoms with Crippen LogP contribution in [0, 0.1) is 23.4 Å². The normalized spacial score (nSPS) is 29.0. The van der Waals surface area contributed by atoms with Gasteiger partial charge in [-0.15, -0.1) is 0 Å². The highest BCUT2D eigenvalue weighted by Gasteiger charge is 2.37. The summed E-state index contributed by atoms with van der Waals surface area (Å²) in [5, 5.41) is 3.19. The minimum Gasteiger partial charge on any atom is -0.312 e. The van der Waals surface area contributed by atoms with Gasteiger partial charge >= 0.3 is 0 Å². The predicted octanol–water partition coefficient (Wildman–Crippen LogP) is 3.07. The molecule has 2 atom stereocenters. The maximum absolute atomic E-state index is 13.5. The Morgan fingerprint density at radius 1 is 1.05 bits per heavy atom. The maximum atomic E-state index is 13.5. The van der Waals surface area contributed by atoms with Crippen LogP contribution in [-0.2, 0) is 6.54 Å². The zero-order chi connectivity index (χ0) is 15.0. The highest BCUT2D eigenvalue weighted by molar-refractivity contribution is 5.19. The van der Waals surface area contributed by atoms with Crippen LogP contribution >= 0.6 is 0 Å². The molecule has 2 fully saturated rings. The van der Waals surface area contributed by atoms with E-state index in [-0.39, 0.29) is 12.1 Å². The number of nitrogens with one attached hydrogen (secondary N) is 1. The van der Waals surface area contributed by atoms with Crippen molar-refractivity contribution in [1.29, 1.82) is 0 Å². The minimum atomic E-state index is -1.14. The van der Waals surface area contributed by atoms with E-state index in [4.69, 9.17) is 0 Å². The minimum absolute atomic E-state index is 0.185. The Balaban J connectivity index is 1.52. The van der Waals surface area contributed by atoms with E-state index in [1.165, 1.54) is 25.7 Å². The average Bonchev–Trinajstić information content (AvgIpc) is 2.66. The molecule has 2 heterocycles. The van der Waals surface area contributed by atoms with Crippen molar-refractivity contribution in [2.75, 3.05) is 13.6 Å². The summed E-state index contributed by atoms with van der Waals surface area (Å²) in [7, 11) is 2.20. The van der Waals surface area contributed by atoms with Gasteiger partial charge in [0.05, 0.1) is 0 Å². The number of rotatable bonds is 4. The number of piperidine rings is 1. The van der Waals surface area contributed by atoms with E-state index < -0.39 is 17.5 Å². The molecule has 2 aliphatic heterocycles. The van der Waals surface area contributed by atoms with E-state index in [2.05, 4.69) is 17.3 Å². The fourth-order valence-electron chi connectivity index (χ4n) is 3.80. The highest BCUT2D eigenvalue weighted by atomic mass is 19.2. The summed E-state index contributed by atoms with van der Waals surface area (Å²) >= 11 is 0. The van der Waals surface area contributed by atoms with E-state index in [0.29, 0.717) is 24.1 Å². The summed E-state index contributed by atoms with van der Waals surface area (Å²) in [5.74, 6) is -2.23. The van der Waals surface area contributed by atoms with Crippen LogP contribution in [0.2, 0.25) is 0 Å². The molecular weight excluding hydrogens is 277 g/mol. The topological polar surface area (TPSA) is 15.3 Å². The first-order chi connectivity index (χ1) is 10.0. The number of hydrogen-bond acceptors (Lipinski definition) is 2. The van der Waals surface area contributed by atoms with Crippen LogP contribution in [-0.4, -0.2) is 30.6 Å². The van der Waals surface area contributed by atoms with Gasteiger partial charge in [-0.05, 0) is 51.3 Å². The molecule has 0 spiro atoms. The smallest absolute Gasteiger partial charge is 0.161 e. The lowest BCUT2D eigenvalue weighted by Crippen LogP contribution is -2.42. The van der Waals surface area contributed by atoms with Gasteiger partial charge in [-0.2, -0.15) is 0 Å². The van der Waals surface area contributed by atoms with Gasteiger partial charge in [0.2, 0.25) is 0 Å². The van der Waals surface area contributed by atoms with Crippen molar-refractivity contribution in [3.8, 4) is 0 Å². The van der Waals surface area contributed by atoms with Crippen molar-refractivity contribution in [3.63, 3.8) is 0 Å². The zero-order valence-electron chi connectivity index (χ0n) is 12.2. The Kier molecular flexibility index (Phi) is 4.22. The molecule has 1 N–H and O–H groups in total. The number of benzene rings is 1. The molecular formula is C16H21F3N2. The van der Waals surface area contributed by atoms with Crippen molar-refractivity contribution < 1.29 is 13.2 Å². The number of hydrogen-bond donors (Lipinski definition) is 1. The third kappa shape index (κ3) is 3.09. The second-order valence-corrected chi connectivity index (χ2v) is 6.38. The fourth-order valence-corrected chi connectivity index (χ4v) is 3.80. The molecule has 0 saturated carbocycles. The van der Waals surface area contributed by atoms with E-state index in [1.807, 2.05) is 0 Å². The summed E-state index contributed by atoms with van der Waals surface area (Å²) in [6.07, 6.45) is 4.88. The zero-order valence-corrected chi connectivity index (χ0v) is 12.2. The van der Waals surface area contributed by atoms with Gasteiger partial charge < -0.3 is 10.2 Å². The standard InChI is InChI=1S/C16H21F3N2/c1-21-12-2-3-13(21)5-10(4-12)8-20-9-11-6-15(18)16(19)7-14(11)17/h6-7,10,12-13,20H,2-5,8-9H2,1H3. The van der Waals surface area contributed by atoms with E-state index >= 15 is 0 Å². The molecule has 1 aromatic carbocycles. The molecule has 116 valence electrons. The van der Waals surface area contributed by atoms with Crippen LogP contribution in [0.4, 0.5) is 13.2 Å². The first-order valence-corrected chi connectivity index (χ1v) is 7.60. The third-order valence-corrected chi connectivity index (χ3v) is 5.03. The van der Waals surface area contributed by atoms with Crippen molar-refractivity contribution in [2.24, 2.45) is 5.92 Å². The van der Waals surface area contributed by atoms with Gasteiger partial charge in [0.1, 0.15) is 5.82 Å². The van der Waals surface area contributed by atoms with Crippen molar-refractivity contribution in [1.82, 2.24) is 10.2 Å². The van der Waals surface area contributed by atoms with E-state index in [1.54, 1.807) is 0 Å². The number of halogens is 3. The van der Waals surface area contributed by atoms with Crippen LogP contribution in [0.1, 0.15) is 31.2 Å². The van der Waals surface area contributed by atoms with Crippen molar-refractivity contribution in [2.45, 2.75) is 44.3 Å². The highest BCUT2D eigenvalue weighted by Crippen LogP contribution is 2.37. The first-order valence-electron chi connectivity index (χ1n) is 7.60. The van der Waals surface area contributed by atoms with Gasteiger partial charge in [-0.25, -0.2) is 13.2 Å². The van der Waals surface area contributed by atoms with E-state index in [0.717, 1.165) is 12.6 Å². The van der Waals surface area contributed by atoms with Crippen LogP contribution in [0.15, 0.2) is 12.1 Å². The second kappa shape index (κ2) is 5.97. The second-order valence-electron chi connectivity index (χ2n) is 6.38. The van der Waals surface area contributed by atoms with E-state index in [9.17, 15) is 13.2 Å². The predicted molar refractivity (Wildman–Crippen MR) is 75.3 cm³/mol. The first kappa shape index (κ1) is 14.9. The quantitative estimate of drug-likeness (QED) is 0.860. The molecule has 5 heteroatoms. The average molecular weight is 298 g/mol. The maximum Gasteiger partial charge on any atom is 0.161 e. The Morgan fingerprint density at radius 2 is 1.67 bits per heavy atom. The molecule has 0 radical (unpaired) electrons. The lowest BCUT2D eigenvalue weighted by Gasteiger charge is -2.36. The molecule has 2 nitrogen and oxygen atoms in total. The van der Waals surface area contributed by atoms with Gasteiger partial charge in [0, 0.05) is 30.3 Å². The molecule has 2 unspecified atom stereocenters. The fraction of sp³-hybridized carbons (Fsp3) is 0.625. The Morgan fingerprint density at radius 3 is 2.33 bits per heavy atom. The Hall–Kier alpha value is -1.07. The summed E-state index contributed by atoms with van der Waals surface area (Å²) < 4.78 is 39.5. The summed E-state index contributed by atoms with van der Waals surface area (Å²) in [6.45, 7) is 1.05. The summed E-state index contributed by atoms with van der Waals surface area (Å²) in [5.41, 5.74) is 0.185. The molecule has 0 aromatic heterocycles. The van der Waals surface area contributed by atoms with Crippen molar-refractivity contribution in [3.05, 3.63) is 35.1 Å². The molecule has 3 rings (SSSR count). The van der Waals surface area contributed by atoms with Gasteiger partial charge in [-0.3, -0.25) is 0 Å². The van der Waals surface area contributed by atoms with Gasteiger partial charge in [0.15, 0.2) is 11.6 Å². The third-order valence-electron chi connectivity index (χ3n) is 5.03. The number of fused-ring (bicyclic) bond motifs is 2. The molecule has 2 saturated heterocycles. The molecule has 0 amide bonds. The summed E-state index contributed by atoms with van der Waals surface area (Å²) in [4.78, 5) is 2.48. The number of nitrogens with zero attached hydrogens (tertiary/aromatic N) is 1. The molecule has 0 aliphatic carbocycles. The van der Waals surface area contributed by atoms with Crippen LogP contribution in [0.25, 0.3) is 0 Å². The molecule has 1 aromatic rings. The van der Waals surface area contributed by atoms with Crippen LogP contribution < -0.4 is 5.32 Å². The lowest BCUT2D eigenvalue weighted by atomic mass is 9.91. The molecule has 2 aliphatic rings. The van der Waals surface area contributed by atoms with Gasteiger partial charge in [-0.1, -0.05) is 0 Å². The monoisotopic (exact) mass is 298 g/mol. The summed E-state index contributed by atoms with van der Waals surface area (Å²) in [6, 6.07) is 2.91. The Bertz CT molecular complexity index is 506. The lowest BCUT2D eigenvalue weighted by molar-refractivity contribution is 0.133. The molecule has 21 heavy (non-hydrogen) atoms. The van der Waals surface area contributed by atoms with Crippen LogP contribution in [0.3, 0.4) is 0 Å². The van der Waals surface area contributed by atoms with Gasteiger partial charge in [0.25, 0.3) is 0 Å².